The van der Waals surface area contributed by atoms with E-state index >= 15 is 0 Å². The van der Waals surface area contributed by atoms with E-state index in [-0.39, 0.29) is 17.9 Å². The lowest BCUT2D eigenvalue weighted by atomic mass is 10.0. The second-order valence-corrected chi connectivity index (χ2v) is 7.69. The quantitative estimate of drug-likeness (QED) is 0.732. The highest BCUT2D eigenvalue weighted by Crippen LogP contribution is 2.19. The second kappa shape index (κ2) is 9.56. The van der Waals surface area contributed by atoms with Gasteiger partial charge in [-0.2, -0.15) is 0 Å². The molecule has 0 saturated carbocycles. The van der Waals surface area contributed by atoms with E-state index in [2.05, 4.69) is 15.8 Å². The third-order valence-corrected chi connectivity index (χ3v) is 4.74. The second-order valence-electron chi connectivity index (χ2n) is 7.26. The van der Waals surface area contributed by atoms with Gasteiger partial charge in [0.1, 0.15) is 6.04 Å². The number of halogens is 1. The molecule has 2 N–H and O–H groups in total. The first-order valence-electron chi connectivity index (χ1n) is 9.55. The number of rotatable bonds is 7. The number of benzene rings is 2. The normalized spacial score (nSPS) is 16.7. The monoisotopic (exact) mass is 413 g/mol. The van der Waals surface area contributed by atoms with E-state index in [1.165, 1.54) is 0 Å². The minimum Gasteiger partial charge on any atom is -0.382 e. The fourth-order valence-electron chi connectivity index (χ4n) is 3.04. The molecule has 0 radical (unpaired) electrons. The smallest absolute Gasteiger partial charge is 0.265 e. The highest BCUT2D eigenvalue weighted by molar-refractivity contribution is 6.30. The van der Waals surface area contributed by atoms with Crippen molar-refractivity contribution in [1.82, 2.24) is 10.6 Å². The van der Waals surface area contributed by atoms with Crippen molar-refractivity contribution in [2.45, 2.75) is 44.9 Å². The summed E-state index contributed by atoms with van der Waals surface area (Å²) >= 11 is 5.91. The molecule has 0 saturated heterocycles. The molecule has 29 heavy (non-hydrogen) atoms. The lowest BCUT2D eigenvalue weighted by Crippen LogP contribution is -2.52. The minimum absolute atomic E-state index is 0.0275. The van der Waals surface area contributed by atoms with E-state index in [1.807, 2.05) is 56.3 Å². The highest BCUT2D eigenvalue weighted by atomic mass is 35.5. The van der Waals surface area contributed by atoms with Gasteiger partial charge in [0.2, 0.25) is 12.0 Å². The Morgan fingerprint density at radius 1 is 1.10 bits per heavy atom. The van der Waals surface area contributed by atoms with Crippen molar-refractivity contribution in [2.75, 3.05) is 0 Å². The predicted octanol–water partition coefficient (Wildman–Crippen LogP) is 3.09. The van der Waals surface area contributed by atoms with Crippen molar-refractivity contribution in [3.63, 3.8) is 0 Å². The van der Waals surface area contributed by atoms with Crippen LogP contribution >= 0.6 is 11.6 Å². The number of oxime groups is 1. The van der Waals surface area contributed by atoms with E-state index in [0.29, 0.717) is 23.6 Å². The Hall–Kier alpha value is -2.86. The molecule has 2 aromatic rings. The molecule has 3 rings (SSSR count). The maximum absolute atomic E-state index is 12.8. The van der Waals surface area contributed by atoms with Crippen molar-refractivity contribution in [3.05, 3.63) is 70.7 Å². The van der Waals surface area contributed by atoms with Gasteiger partial charge in [-0.3, -0.25) is 9.59 Å². The Balaban J connectivity index is 1.65. The average Bonchev–Trinajstić information content (AvgIpc) is 3.18. The maximum Gasteiger partial charge on any atom is 0.265 e. The van der Waals surface area contributed by atoms with Gasteiger partial charge in [0.05, 0.1) is 5.71 Å². The summed E-state index contributed by atoms with van der Waals surface area (Å²) in [5.74, 6) is -0.591. The Morgan fingerprint density at radius 2 is 1.79 bits per heavy atom. The zero-order chi connectivity index (χ0) is 20.8. The first-order chi connectivity index (χ1) is 13.9. The van der Waals surface area contributed by atoms with Crippen LogP contribution in [0, 0.1) is 0 Å². The van der Waals surface area contributed by atoms with Gasteiger partial charge in [0.25, 0.3) is 5.91 Å². The summed E-state index contributed by atoms with van der Waals surface area (Å²) < 4.78 is 0. The number of hydrogen-bond acceptors (Lipinski definition) is 4. The molecule has 2 atom stereocenters. The van der Waals surface area contributed by atoms with Crippen LogP contribution in [-0.2, 0) is 20.8 Å². The molecule has 0 bridgehead atoms. The summed E-state index contributed by atoms with van der Waals surface area (Å²) in [4.78, 5) is 30.7. The van der Waals surface area contributed by atoms with Crippen LogP contribution in [0.2, 0.25) is 5.02 Å². The summed E-state index contributed by atoms with van der Waals surface area (Å²) in [6.45, 7) is 3.76. The van der Waals surface area contributed by atoms with Crippen LogP contribution in [0.5, 0.6) is 0 Å². The molecule has 152 valence electrons. The van der Waals surface area contributed by atoms with Crippen molar-refractivity contribution < 1.29 is 14.4 Å². The minimum atomic E-state index is -0.772. The summed E-state index contributed by atoms with van der Waals surface area (Å²) in [6.07, 6.45) is -0.0501. The Labute approximate surface area is 175 Å². The van der Waals surface area contributed by atoms with Gasteiger partial charge < -0.3 is 15.5 Å². The molecule has 1 heterocycles. The van der Waals surface area contributed by atoms with Gasteiger partial charge in [0.15, 0.2) is 0 Å². The summed E-state index contributed by atoms with van der Waals surface area (Å²) in [6, 6.07) is 16.0. The van der Waals surface area contributed by atoms with Crippen LogP contribution in [0.3, 0.4) is 0 Å². The van der Waals surface area contributed by atoms with Crippen molar-refractivity contribution in [2.24, 2.45) is 5.16 Å². The number of hydrogen-bond donors (Lipinski definition) is 2. The molecule has 0 aliphatic carbocycles. The van der Waals surface area contributed by atoms with E-state index in [4.69, 9.17) is 16.4 Å². The van der Waals surface area contributed by atoms with E-state index in [9.17, 15) is 9.59 Å². The molecule has 6 nitrogen and oxygen atoms in total. The van der Waals surface area contributed by atoms with Gasteiger partial charge in [-0.05, 0) is 37.1 Å². The topological polar surface area (TPSA) is 79.8 Å². The van der Waals surface area contributed by atoms with Crippen LogP contribution in [0.25, 0.3) is 0 Å². The fraction of sp³-hybridized carbons (Fsp3) is 0.318. The largest absolute Gasteiger partial charge is 0.382 e. The van der Waals surface area contributed by atoms with E-state index < -0.39 is 12.1 Å². The molecule has 2 aromatic carbocycles. The first kappa shape index (κ1) is 20.9. The first-order valence-corrected chi connectivity index (χ1v) is 9.93. The van der Waals surface area contributed by atoms with Crippen molar-refractivity contribution >= 4 is 29.1 Å². The molecule has 0 unspecified atom stereocenters. The Bertz CT molecular complexity index is 882. The standard InChI is InChI=1S/C22H24ClN3O3/c1-14(2)24-21(27)19(12-15-6-4-3-5-7-15)25-22(28)20-13-18(26-29-20)16-8-10-17(23)11-9-16/h3-11,14,19-20H,12-13H2,1-2H3,(H,24,27)(H,25,28)/t19-,20-/m1/s1. The molecule has 0 spiro atoms. The molecular formula is C22H24ClN3O3. The molecule has 7 heteroatoms. The highest BCUT2D eigenvalue weighted by Gasteiger charge is 2.32. The number of nitrogens with zero attached hydrogens (tertiary/aromatic N) is 1. The molecular weight excluding hydrogens is 390 g/mol. The molecule has 2 amide bonds. The number of nitrogens with one attached hydrogen (secondary N) is 2. The maximum atomic E-state index is 12.8. The van der Waals surface area contributed by atoms with Gasteiger partial charge in [-0.1, -0.05) is 59.2 Å². The Kier molecular flexibility index (Phi) is 6.88. The zero-order valence-corrected chi connectivity index (χ0v) is 17.1. The SMILES string of the molecule is CC(C)NC(=O)[C@@H](Cc1ccccc1)NC(=O)[C@H]1CC(c2ccc(Cl)cc2)=NO1. The van der Waals surface area contributed by atoms with E-state index in [1.54, 1.807) is 12.1 Å². The summed E-state index contributed by atoms with van der Waals surface area (Å²) in [5.41, 5.74) is 2.48. The predicted molar refractivity (Wildman–Crippen MR) is 113 cm³/mol. The number of carbonyl (C=O) groups excluding carboxylic acids is 2. The van der Waals surface area contributed by atoms with Crippen LogP contribution < -0.4 is 10.6 Å². The molecule has 0 fully saturated rings. The van der Waals surface area contributed by atoms with Gasteiger partial charge in [0, 0.05) is 23.9 Å². The van der Waals surface area contributed by atoms with Crippen LogP contribution in [0.15, 0.2) is 59.8 Å². The Morgan fingerprint density at radius 3 is 2.45 bits per heavy atom. The lowest BCUT2D eigenvalue weighted by Gasteiger charge is -2.21. The lowest BCUT2D eigenvalue weighted by molar-refractivity contribution is -0.135. The average molecular weight is 414 g/mol. The number of amides is 2. The van der Waals surface area contributed by atoms with Crippen LogP contribution in [0.1, 0.15) is 31.4 Å². The number of carbonyl (C=O) groups is 2. The summed E-state index contributed by atoms with van der Waals surface area (Å²) in [5, 5.41) is 10.3. The van der Waals surface area contributed by atoms with Crippen LogP contribution in [0.4, 0.5) is 0 Å². The van der Waals surface area contributed by atoms with Crippen LogP contribution in [-0.4, -0.2) is 35.7 Å². The molecule has 1 aliphatic rings. The van der Waals surface area contributed by atoms with Gasteiger partial charge in [-0.15, -0.1) is 0 Å². The third kappa shape index (κ3) is 5.81. The van der Waals surface area contributed by atoms with Crippen molar-refractivity contribution in [1.29, 1.82) is 0 Å². The van der Waals surface area contributed by atoms with Crippen molar-refractivity contribution in [3.8, 4) is 0 Å². The summed E-state index contributed by atoms with van der Waals surface area (Å²) in [7, 11) is 0. The fourth-order valence-corrected chi connectivity index (χ4v) is 3.17. The van der Waals surface area contributed by atoms with E-state index in [0.717, 1.165) is 11.1 Å². The van der Waals surface area contributed by atoms with Gasteiger partial charge >= 0.3 is 0 Å². The molecule has 1 aliphatic heterocycles. The zero-order valence-electron chi connectivity index (χ0n) is 16.4. The third-order valence-electron chi connectivity index (χ3n) is 4.49. The van der Waals surface area contributed by atoms with Gasteiger partial charge in [-0.25, -0.2) is 0 Å². The molecule has 0 aromatic heterocycles.